The number of aromatic nitrogens is 1. The van der Waals surface area contributed by atoms with Crippen molar-refractivity contribution in [2.75, 3.05) is 5.32 Å². The minimum atomic E-state index is -0.125. The molecule has 1 atom stereocenters. The van der Waals surface area contributed by atoms with Crippen molar-refractivity contribution in [3.05, 3.63) is 59.4 Å². The van der Waals surface area contributed by atoms with E-state index in [9.17, 15) is 4.79 Å². The zero-order valence-electron chi connectivity index (χ0n) is 13.4. The van der Waals surface area contributed by atoms with Crippen LogP contribution in [0, 0.1) is 6.92 Å². The van der Waals surface area contributed by atoms with E-state index in [2.05, 4.69) is 40.7 Å². The van der Waals surface area contributed by atoms with Crippen molar-refractivity contribution in [1.29, 1.82) is 0 Å². The van der Waals surface area contributed by atoms with Crippen molar-refractivity contribution in [2.45, 2.75) is 39.8 Å². The zero-order chi connectivity index (χ0) is 15.9. The predicted octanol–water partition coefficient (Wildman–Crippen LogP) is 3.53. The molecule has 4 nitrogen and oxygen atoms in total. The smallest absolute Gasteiger partial charge is 0.270 e. The Bertz CT molecular complexity index is 622. The summed E-state index contributed by atoms with van der Waals surface area (Å²) in [7, 11) is 0. The molecule has 4 heteroatoms. The Kier molecular flexibility index (Phi) is 5.53. The highest BCUT2D eigenvalue weighted by molar-refractivity contribution is 5.92. The van der Waals surface area contributed by atoms with Crippen LogP contribution in [0.5, 0.6) is 0 Å². The molecule has 1 aromatic heterocycles. The SMILES string of the molecule is CCC(C)NC(=O)c1ccc(NCc2cccc(C)c2)cn1. The van der Waals surface area contributed by atoms with E-state index in [4.69, 9.17) is 0 Å². The lowest BCUT2D eigenvalue weighted by atomic mass is 10.1. The topological polar surface area (TPSA) is 54.0 Å². The van der Waals surface area contributed by atoms with Gasteiger partial charge in [-0.1, -0.05) is 36.8 Å². The molecule has 116 valence electrons. The lowest BCUT2D eigenvalue weighted by molar-refractivity contribution is 0.0934. The molecule has 1 aromatic carbocycles. The van der Waals surface area contributed by atoms with E-state index in [1.54, 1.807) is 12.3 Å². The van der Waals surface area contributed by atoms with Gasteiger partial charge in [-0.25, -0.2) is 4.98 Å². The van der Waals surface area contributed by atoms with Crippen molar-refractivity contribution in [3.63, 3.8) is 0 Å². The maximum atomic E-state index is 11.9. The van der Waals surface area contributed by atoms with Crippen LogP contribution in [-0.2, 0) is 6.54 Å². The number of anilines is 1. The standard InChI is InChI=1S/C18H23N3O/c1-4-14(3)21-18(22)17-9-8-16(12-20-17)19-11-15-7-5-6-13(2)10-15/h5-10,12,14,19H,4,11H2,1-3H3,(H,21,22). The predicted molar refractivity (Wildman–Crippen MR) is 90.0 cm³/mol. The van der Waals surface area contributed by atoms with Gasteiger partial charge in [0.15, 0.2) is 0 Å². The van der Waals surface area contributed by atoms with Crippen LogP contribution in [0.1, 0.15) is 41.9 Å². The molecule has 0 spiro atoms. The van der Waals surface area contributed by atoms with E-state index in [0.717, 1.165) is 18.7 Å². The van der Waals surface area contributed by atoms with Crippen LogP contribution in [0.2, 0.25) is 0 Å². The number of nitrogens with zero attached hydrogens (tertiary/aromatic N) is 1. The number of hydrogen-bond donors (Lipinski definition) is 2. The molecule has 0 saturated heterocycles. The van der Waals surface area contributed by atoms with Gasteiger partial charge in [0.25, 0.3) is 5.91 Å². The zero-order valence-corrected chi connectivity index (χ0v) is 13.4. The molecule has 1 heterocycles. The lowest BCUT2D eigenvalue weighted by Crippen LogP contribution is -2.32. The van der Waals surface area contributed by atoms with Gasteiger partial charge in [0.05, 0.1) is 11.9 Å². The summed E-state index contributed by atoms with van der Waals surface area (Å²) in [6.45, 7) is 6.84. The third-order valence-electron chi connectivity index (χ3n) is 3.57. The molecule has 2 aromatic rings. The summed E-state index contributed by atoms with van der Waals surface area (Å²) in [5.74, 6) is -0.125. The molecular weight excluding hydrogens is 274 g/mol. The van der Waals surface area contributed by atoms with Gasteiger partial charge in [0.2, 0.25) is 0 Å². The van der Waals surface area contributed by atoms with Crippen LogP contribution < -0.4 is 10.6 Å². The van der Waals surface area contributed by atoms with Gasteiger partial charge in [-0.2, -0.15) is 0 Å². The summed E-state index contributed by atoms with van der Waals surface area (Å²) < 4.78 is 0. The highest BCUT2D eigenvalue weighted by atomic mass is 16.1. The third kappa shape index (κ3) is 4.58. The summed E-state index contributed by atoms with van der Waals surface area (Å²) in [4.78, 5) is 16.2. The first-order valence-electron chi connectivity index (χ1n) is 7.65. The highest BCUT2D eigenvalue weighted by Gasteiger charge is 2.09. The molecule has 2 rings (SSSR count). The normalized spacial score (nSPS) is 11.8. The second-order valence-corrected chi connectivity index (χ2v) is 5.56. The molecule has 1 unspecified atom stereocenters. The van der Waals surface area contributed by atoms with Gasteiger partial charge in [-0.3, -0.25) is 4.79 Å². The van der Waals surface area contributed by atoms with E-state index in [-0.39, 0.29) is 11.9 Å². The monoisotopic (exact) mass is 297 g/mol. The van der Waals surface area contributed by atoms with Crippen LogP contribution in [0.25, 0.3) is 0 Å². The Morgan fingerprint density at radius 1 is 1.27 bits per heavy atom. The Morgan fingerprint density at radius 2 is 2.09 bits per heavy atom. The maximum absolute atomic E-state index is 11.9. The number of carbonyl (C=O) groups excluding carboxylic acids is 1. The minimum absolute atomic E-state index is 0.125. The van der Waals surface area contributed by atoms with E-state index in [0.29, 0.717) is 5.69 Å². The fourth-order valence-electron chi connectivity index (χ4n) is 2.06. The molecule has 0 aliphatic heterocycles. The molecule has 22 heavy (non-hydrogen) atoms. The number of hydrogen-bond acceptors (Lipinski definition) is 3. The first kappa shape index (κ1) is 16.0. The Balaban J connectivity index is 1.93. The fraction of sp³-hybridized carbons (Fsp3) is 0.333. The van der Waals surface area contributed by atoms with Gasteiger partial charge in [-0.15, -0.1) is 0 Å². The quantitative estimate of drug-likeness (QED) is 0.857. The Morgan fingerprint density at radius 3 is 2.73 bits per heavy atom. The van der Waals surface area contributed by atoms with Crippen molar-refractivity contribution < 1.29 is 4.79 Å². The molecule has 2 N–H and O–H groups in total. The van der Waals surface area contributed by atoms with Gasteiger partial charge >= 0.3 is 0 Å². The van der Waals surface area contributed by atoms with Gasteiger partial charge < -0.3 is 10.6 Å². The van der Waals surface area contributed by atoms with Gasteiger partial charge in [0, 0.05) is 12.6 Å². The Hall–Kier alpha value is -2.36. The van der Waals surface area contributed by atoms with Crippen LogP contribution in [0.3, 0.4) is 0 Å². The maximum Gasteiger partial charge on any atom is 0.270 e. The molecule has 0 radical (unpaired) electrons. The summed E-state index contributed by atoms with van der Waals surface area (Å²) in [6.07, 6.45) is 2.60. The third-order valence-corrected chi connectivity index (χ3v) is 3.57. The van der Waals surface area contributed by atoms with Crippen molar-refractivity contribution in [3.8, 4) is 0 Å². The van der Waals surface area contributed by atoms with E-state index >= 15 is 0 Å². The van der Waals surface area contributed by atoms with Crippen molar-refractivity contribution >= 4 is 11.6 Å². The second-order valence-electron chi connectivity index (χ2n) is 5.56. The molecule has 0 fully saturated rings. The molecule has 0 aliphatic carbocycles. The average molecular weight is 297 g/mol. The molecular formula is C18H23N3O. The van der Waals surface area contributed by atoms with Crippen molar-refractivity contribution in [1.82, 2.24) is 10.3 Å². The minimum Gasteiger partial charge on any atom is -0.380 e. The first-order valence-corrected chi connectivity index (χ1v) is 7.65. The van der Waals surface area contributed by atoms with Gasteiger partial charge in [0.1, 0.15) is 5.69 Å². The number of aryl methyl sites for hydroxylation is 1. The van der Waals surface area contributed by atoms with Crippen molar-refractivity contribution in [2.24, 2.45) is 0 Å². The molecule has 0 saturated carbocycles. The van der Waals surface area contributed by atoms with Crippen LogP contribution in [0.15, 0.2) is 42.6 Å². The largest absolute Gasteiger partial charge is 0.380 e. The molecule has 0 aliphatic rings. The molecule has 1 amide bonds. The summed E-state index contributed by atoms with van der Waals surface area (Å²) in [6, 6.07) is 12.1. The molecule has 0 bridgehead atoms. The fourth-order valence-corrected chi connectivity index (χ4v) is 2.06. The van der Waals surface area contributed by atoms with Crippen LogP contribution in [0.4, 0.5) is 5.69 Å². The number of carbonyl (C=O) groups is 1. The Labute approximate surface area is 132 Å². The highest BCUT2D eigenvalue weighted by Crippen LogP contribution is 2.10. The first-order chi connectivity index (χ1) is 10.6. The van der Waals surface area contributed by atoms with Gasteiger partial charge in [-0.05, 0) is 38.0 Å². The number of benzene rings is 1. The number of amides is 1. The average Bonchev–Trinajstić information content (AvgIpc) is 2.53. The van der Waals surface area contributed by atoms with E-state index in [1.807, 2.05) is 26.0 Å². The number of rotatable bonds is 6. The summed E-state index contributed by atoms with van der Waals surface area (Å²) >= 11 is 0. The lowest BCUT2D eigenvalue weighted by Gasteiger charge is -2.11. The van der Waals surface area contributed by atoms with Crippen LogP contribution >= 0.6 is 0 Å². The second kappa shape index (κ2) is 7.59. The summed E-state index contributed by atoms with van der Waals surface area (Å²) in [5.41, 5.74) is 3.82. The number of nitrogens with one attached hydrogen (secondary N) is 2. The van der Waals surface area contributed by atoms with E-state index in [1.165, 1.54) is 11.1 Å². The van der Waals surface area contributed by atoms with Crippen LogP contribution in [-0.4, -0.2) is 16.9 Å². The van der Waals surface area contributed by atoms with E-state index < -0.39 is 0 Å². The summed E-state index contributed by atoms with van der Waals surface area (Å²) in [5, 5.41) is 6.22. The number of pyridine rings is 1.